The zero-order valence-electron chi connectivity index (χ0n) is 8.23. The van der Waals surface area contributed by atoms with Crippen LogP contribution in [0.3, 0.4) is 0 Å². The number of aliphatic hydroxyl groups is 1. The highest BCUT2D eigenvalue weighted by Crippen LogP contribution is 2.37. The van der Waals surface area contributed by atoms with Gasteiger partial charge in [-0.25, -0.2) is 0 Å². The highest BCUT2D eigenvalue weighted by molar-refractivity contribution is 5.91. The van der Waals surface area contributed by atoms with Crippen molar-refractivity contribution in [3.63, 3.8) is 0 Å². The number of carbonyl (C=O) groups is 1. The average Bonchev–Trinajstić information content (AvgIpc) is 3.01. The summed E-state index contributed by atoms with van der Waals surface area (Å²) >= 11 is 0. The van der Waals surface area contributed by atoms with E-state index in [4.69, 9.17) is 0 Å². The van der Waals surface area contributed by atoms with E-state index in [0.29, 0.717) is 5.56 Å². The van der Waals surface area contributed by atoms with Crippen LogP contribution < -0.4 is 0 Å². The van der Waals surface area contributed by atoms with E-state index in [2.05, 4.69) is 0 Å². The van der Waals surface area contributed by atoms with E-state index in [0.717, 1.165) is 12.8 Å². The molecule has 2 nitrogen and oxygen atoms in total. The summed E-state index contributed by atoms with van der Waals surface area (Å²) in [6, 6.07) is 9.13. The summed E-state index contributed by atoms with van der Waals surface area (Å²) in [6.07, 6.45) is 1.86. The Bertz CT molecular complexity index is 337. The Morgan fingerprint density at radius 3 is 2.43 bits per heavy atom. The quantitative estimate of drug-likeness (QED) is 0.790. The summed E-state index contributed by atoms with van der Waals surface area (Å²) < 4.78 is 0. The van der Waals surface area contributed by atoms with E-state index in [9.17, 15) is 9.90 Å². The third kappa shape index (κ3) is 1.58. The van der Waals surface area contributed by atoms with Gasteiger partial charge >= 0.3 is 0 Å². The lowest BCUT2D eigenvalue weighted by Gasteiger charge is -2.21. The minimum absolute atomic E-state index is 0.0382. The molecule has 0 unspecified atom stereocenters. The standard InChI is InChI=1S/C12H14O2/c1-12(14,11(13)9-7-8-9)10-5-3-2-4-6-10/h2-6,9,14H,7-8H2,1H3/t12-/m0/s1. The number of hydrogen-bond donors (Lipinski definition) is 1. The third-order valence-electron chi connectivity index (χ3n) is 2.76. The molecule has 0 saturated heterocycles. The molecular formula is C12H14O2. The van der Waals surface area contributed by atoms with Crippen molar-refractivity contribution in [3.05, 3.63) is 35.9 Å². The molecule has 1 atom stereocenters. The van der Waals surface area contributed by atoms with E-state index in [1.807, 2.05) is 18.2 Å². The molecular weight excluding hydrogens is 176 g/mol. The van der Waals surface area contributed by atoms with E-state index in [1.165, 1.54) is 0 Å². The van der Waals surface area contributed by atoms with Crippen molar-refractivity contribution in [2.24, 2.45) is 5.92 Å². The molecule has 1 fully saturated rings. The fourth-order valence-electron chi connectivity index (χ4n) is 1.65. The maximum atomic E-state index is 11.8. The minimum Gasteiger partial charge on any atom is -0.378 e. The monoisotopic (exact) mass is 190 g/mol. The molecule has 1 aliphatic carbocycles. The molecule has 1 saturated carbocycles. The van der Waals surface area contributed by atoms with E-state index in [-0.39, 0.29) is 11.7 Å². The summed E-state index contributed by atoms with van der Waals surface area (Å²) in [5, 5.41) is 10.1. The van der Waals surface area contributed by atoms with Crippen LogP contribution in [0.15, 0.2) is 30.3 Å². The Morgan fingerprint density at radius 1 is 1.36 bits per heavy atom. The van der Waals surface area contributed by atoms with Crippen molar-refractivity contribution in [1.29, 1.82) is 0 Å². The first kappa shape index (κ1) is 9.41. The molecule has 14 heavy (non-hydrogen) atoms. The fraction of sp³-hybridized carbons (Fsp3) is 0.417. The van der Waals surface area contributed by atoms with Crippen LogP contribution in [0.25, 0.3) is 0 Å². The molecule has 1 aliphatic rings. The summed E-state index contributed by atoms with van der Waals surface area (Å²) in [4.78, 5) is 11.8. The molecule has 0 radical (unpaired) electrons. The summed E-state index contributed by atoms with van der Waals surface area (Å²) in [5.41, 5.74) is -0.612. The Hall–Kier alpha value is -1.15. The molecule has 1 aromatic carbocycles. The van der Waals surface area contributed by atoms with Gasteiger partial charge in [0.25, 0.3) is 0 Å². The maximum Gasteiger partial charge on any atom is 0.171 e. The van der Waals surface area contributed by atoms with Crippen molar-refractivity contribution in [2.45, 2.75) is 25.4 Å². The van der Waals surface area contributed by atoms with E-state index >= 15 is 0 Å². The van der Waals surface area contributed by atoms with Crippen LogP contribution in [0, 0.1) is 5.92 Å². The lowest BCUT2D eigenvalue weighted by Crippen LogP contribution is -2.33. The summed E-state index contributed by atoms with van der Waals surface area (Å²) in [5.74, 6) is 0.0499. The number of carbonyl (C=O) groups excluding carboxylic acids is 1. The van der Waals surface area contributed by atoms with Gasteiger partial charge < -0.3 is 5.11 Å². The van der Waals surface area contributed by atoms with Crippen molar-refractivity contribution in [3.8, 4) is 0 Å². The number of hydrogen-bond acceptors (Lipinski definition) is 2. The molecule has 0 aliphatic heterocycles. The Labute approximate surface area is 83.6 Å². The Morgan fingerprint density at radius 2 is 1.93 bits per heavy atom. The summed E-state index contributed by atoms with van der Waals surface area (Å²) in [6.45, 7) is 1.59. The molecule has 0 spiro atoms. The molecule has 0 heterocycles. The number of Topliss-reactive ketones (excluding diaryl/α,β-unsaturated/α-hetero) is 1. The van der Waals surface area contributed by atoms with E-state index in [1.54, 1.807) is 19.1 Å². The second-order valence-corrected chi connectivity index (χ2v) is 4.08. The maximum absolute atomic E-state index is 11.8. The van der Waals surface area contributed by atoms with Crippen LogP contribution in [0.4, 0.5) is 0 Å². The molecule has 2 rings (SSSR count). The smallest absolute Gasteiger partial charge is 0.171 e. The van der Waals surface area contributed by atoms with Crippen molar-refractivity contribution >= 4 is 5.78 Å². The first-order valence-corrected chi connectivity index (χ1v) is 4.94. The largest absolute Gasteiger partial charge is 0.378 e. The highest BCUT2D eigenvalue weighted by atomic mass is 16.3. The van der Waals surface area contributed by atoms with Gasteiger partial charge in [-0.1, -0.05) is 30.3 Å². The highest BCUT2D eigenvalue weighted by Gasteiger charge is 2.42. The van der Waals surface area contributed by atoms with Crippen LogP contribution in [-0.4, -0.2) is 10.9 Å². The lowest BCUT2D eigenvalue weighted by molar-refractivity contribution is -0.137. The average molecular weight is 190 g/mol. The molecule has 74 valence electrons. The van der Waals surface area contributed by atoms with Crippen molar-refractivity contribution in [1.82, 2.24) is 0 Å². The number of rotatable bonds is 3. The van der Waals surface area contributed by atoms with Crippen LogP contribution in [0.5, 0.6) is 0 Å². The zero-order valence-corrected chi connectivity index (χ0v) is 8.23. The van der Waals surface area contributed by atoms with Gasteiger partial charge in [0.1, 0.15) is 5.60 Å². The topological polar surface area (TPSA) is 37.3 Å². The predicted molar refractivity (Wildman–Crippen MR) is 53.7 cm³/mol. The van der Waals surface area contributed by atoms with E-state index < -0.39 is 5.60 Å². The predicted octanol–water partition coefficient (Wildman–Crippen LogP) is 1.87. The second-order valence-electron chi connectivity index (χ2n) is 4.08. The van der Waals surface area contributed by atoms with Crippen LogP contribution in [0.1, 0.15) is 25.3 Å². The minimum atomic E-state index is -1.30. The van der Waals surface area contributed by atoms with Gasteiger partial charge in [-0.2, -0.15) is 0 Å². The number of ketones is 1. The first-order valence-electron chi connectivity index (χ1n) is 4.94. The van der Waals surface area contributed by atoms with Gasteiger partial charge in [-0.3, -0.25) is 4.79 Å². The SMILES string of the molecule is C[C@@](O)(C(=O)C1CC1)c1ccccc1. The van der Waals surface area contributed by atoms with Crippen molar-refractivity contribution < 1.29 is 9.90 Å². The van der Waals surface area contributed by atoms with Crippen molar-refractivity contribution in [2.75, 3.05) is 0 Å². The van der Waals surface area contributed by atoms with Crippen LogP contribution in [-0.2, 0) is 10.4 Å². The van der Waals surface area contributed by atoms with Crippen LogP contribution in [0.2, 0.25) is 0 Å². The lowest BCUT2D eigenvalue weighted by atomic mass is 9.89. The van der Waals surface area contributed by atoms with Gasteiger partial charge in [0.15, 0.2) is 5.78 Å². The Kier molecular flexibility index (Phi) is 2.16. The molecule has 1 N–H and O–H groups in total. The molecule has 0 aromatic heterocycles. The van der Waals surface area contributed by atoms with Gasteiger partial charge in [-0.15, -0.1) is 0 Å². The molecule has 0 bridgehead atoms. The molecule has 1 aromatic rings. The number of benzene rings is 1. The van der Waals surface area contributed by atoms with Gasteiger partial charge in [0.2, 0.25) is 0 Å². The van der Waals surface area contributed by atoms with Gasteiger partial charge in [-0.05, 0) is 25.3 Å². The summed E-state index contributed by atoms with van der Waals surface area (Å²) in [7, 11) is 0. The van der Waals surface area contributed by atoms with Gasteiger partial charge in [0.05, 0.1) is 0 Å². The molecule has 0 amide bonds. The normalized spacial score (nSPS) is 20.1. The van der Waals surface area contributed by atoms with Gasteiger partial charge in [0, 0.05) is 5.92 Å². The van der Waals surface area contributed by atoms with Crippen LogP contribution >= 0.6 is 0 Å². The second kappa shape index (κ2) is 3.21. The molecule has 2 heteroatoms. The zero-order chi connectivity index (χ0) is 10.2. The first-order chi connectivity index (χ1) is 6.62. The fourth-order valence-corrected chi connectivity index (χ4v) is 1.65. The third-order valence-corrected chi connectivity index (χ3v) is 2.76. The Balaban J connectivity index is 2.27.